The zero-order chi connectivity index (χ0) is 30.6. The Morgan fingerprint density at radius 3 is 2.75 bits per heavy atom. The van der Waals surface area contributed by atoms with Crippen molar-refractivity contribution >= 4 is 33.2 Å². The van der Waals surface area contributed by atoms with Crippen LogP contribution in [0.2, 0.25) is 5.02 Å². The summed E-state index contributed by atoms with van der Waals surface area (Å²) in [6, 6.07) is 11.5. The van der Waals surface area contributed by atoms with E-state index in [0.29, 0.717) is 43.2 Å². The highest BCUT2D eigenvalue weighted by Crippen LogP contribution is 2.47. The Balaban J connectivity index is 1.28. The summed E-state index contributed by atoms with van der Waals surface area (Å²) in [6.07, 6.45) is 11.4. The first-order valence-corrected chi connectivity index (χ1v) is 18.3. The van der Waals surface area contributed by atoms with Crippen LogP contribution in [0.4, 0.5) is 5.69 Å². The van der Waals surface area contributed by atoms with Gasteiger partial charge in [0.2, 0.25) is 10.0 Å². The number of carbonyl (C=O) groups excluding carboxylic acids is 1. The predicted octanol–water partition coefficient (Wildman–Crippen LogP) is 6.02. The van der Waals surface area contributed by atoms with Crippen molar-refractivity contribution in [1.82, 2.24) is 4.72 Å². The molecule has 0 aromatic heterocycles. The lowest BCUT2D eigenvalue weighted by Gasteiger charge is -2.45. The number of nitrogens with one attached hydrogen (secondary N) is 1. The third kappa shape index (κ3) is 5.78. The fourth-order valence-corrected chi connectivity index (χ4v) is 10.1. The number of anilines is 1. The standard InChI is InChI=1S/C35H43ClN2O5S/c1-22-4-2-6-31(39)28-12-9-26(28)19-38-20-35(15-3-5-24-17-27(36)11-13-29(24)35)21-43-32-14-10-25(18-30(32)38)34(40)37-44(41,42)33(22)16-23-7-8-23/h2,6,10-11,13-14,17-18,22-23,26,28,31,33,39H,3-5,7-9,12,15-16,19-21H2,1H3,(H,37,40)/b6-2-/t22-,26+,28-,31+,33+,35+/m1/s1. The molecular formula is C35H43ClN2O5S. The van der Waals surface area contributed by atoms with Gasteiger partial charge in [0.25, 0.3) is 5.91 Å². The highest BCUT2D eigenvalue weighted by atomic mass is 35.5. The number of aliphatic hydroxyl groups excluding tert-OH is 1. The summed E-state index contributed by atoms with van der Waals surface area (Å²) < 4.78 is 36.4. The van der Waals surface area contributed by atoms with Gasteiger partial charge in [0, 0.05) is 29.1 Å². The molecule has 7 nitrogen and oxygen atoms in total. The highest BCUT2D eigenvalue weighted by molar-refractivity contribution is 7.90. The largest absolute Gasteiger partial charge is 0.490 e. The van der Waals surface area contributed by atoms with E-state index in [-0.39, 0.29) is 23.2 Å². The lowest BCUT2D eigenvalue weighted by Crippen LogP contribution is -2.49. The summed E-state index contributed by atoms with van der Waals surface area (Å²) >= 11 is 6.41. The summed E-state index contributed by atoms with van der Waals surface area (Å²) in [7, 11) is -3.93. The Hall–Kier alpha value is -2.55. The van der Waals surface area contributed by atoms with E-state index >= 15 is 0 Å². The molecule has 44 heavy (non-hydrogen) atoms. The first-order valence-electron chi connectivity index (χ1n) is 16.3. The van der Waals surface area contributed by atoms with Crippen LogP contribution in [0.15, 0.2) is 48.6 Å². The Labute approximate surface area is 266 Å². The van der Waals surface area contributed by atoms with Gasteiger partial charge in [0.05, 0.1) is 23.6 Å². The van der Waals surface area contributed by atoms with E-state index in [2.05, 4.69) is 21.8 Å². The number of hydrogen-bond acceptors (Lipinski definition) is 6. The van der Waals surface area contributed by atoms with E-state index in [9.17, 15) is 18.3 Å². The fourth-order valence-electron chi connectivity index (χ4n) is 8.15. The van der Waals surface area contributed by atoms with Crippen molar-refractivity contribution in [3.8, 4) is 5.75 Å². The van der Waals surface area contributed by atoms with Crippen LogP contribution in [-0.4, -0.2) is 50.5 Å². The van der Waals surface area contributed by atoms with Crippen LogP contribution in [0.25, 0.3) is 0 Å². The zero-order valence-corrected chi connectivity index (χ0v) is 27.0. The second kappa shape index (κ2) is 11.7. The number of nitrogens with zero attached hydrogens (tertiary/aromatic N) is 1. The SMILES string of the molecule is C[C@@H]1C/C=C\[C@H](O)[C@@H]2CC[C@H]2CN2C[C@@]3(CCCc4cc(Cl)ccc43)COc3ccc(cc32)C(=O)NS(=O)(=O)[C@H]1CC1CC1. The van der Waals surface area contributed by atoms with Crippen molar-refractivity contribution in [2.45, 2.75) is 81.5 Å². The van der Waals surface area contributed by atoms with Crippen molar-refractivity contribution in [2.75, 3.05) is 24.6 Å². The molecule has 2 aromatic rings. The molecule has 2 N–H and O–H groups in total. The van der Waals surface area contributed by atoms with Gasteiger partial charge >= 0.3 is 0 Å². The minimum Gasteiger partial charge on any atom is -0.490 e. The lowest BCUT2D eigenvalue weighted by molar-refractivity contribution is 0.0455. The van der Waals surface area contributed by atoms with Crippen LogP contribution in [0.3, 0.4) is 0 Å². The zero-order valence-electron chi connectivity index (χ0n) is 25.4. The second-order valence-electron chi connectivity index (χ2n) is 14.1. The topological polar surface area (TPSA) is 95.9 Å². The molecule has 3 aliphatic carbocycles. The first-order chi connectivity index (χ1) is 21.1. The van der Waals surface area contributed by atoms with Gasteiger partial charge in [-0.1, -0.05) is 49.6 Å². The summed E-state index contributed by atoms with van der Waals surface area (Å²) in [5.41, 5.74) is 3.38. The molecule has 2 aromatic carbocycles. The van der Waals surface area contributed by atoms with Crippen molar-refractivity contribution in [3.63, 3.8) is 0 Å². The molecule has 1 spiro atoms. The Morgan fingerprint density at radius 1 is 1.14 bits per heavy atom. The smallest absolute Gasteiger partial charge is 0.264 e. The molecule has 0 radical (unpaired) electrons. The van der Waals surface area contributed by atoms with E-state index in [0.717, 1.165) is 62.2 Å². The number of sulfonamides is 1. The summed E-state index contributed by atoms with van der Waals surface area (Å²) in [5.74, 6) is 0.716. The fraction of sp³-hybridized carbons (Fsp3) is 0.571. The molecule has 2 saturated carbocycles. The molecule has 9 heteroatoms. The van der Waals surface area contributed by atoms with E-state index in [1.165, 1.54) is 11.1 Å². The molecule has 2 heterocycles. The molecule has 2 bridgehead atoms. The van der Waals surface area contributed by atoms with E-state index in [4.69, 9.17) is 16.3 Å². The first kappa shape index (κ1) is 30.1. The third-order valence-electron chi connectivity index (χ3n) is 11.0. The minimum atomic E-state index is -3.93. The average molecular weight is 639 g/mol. The van der Waals surface area contributed by atoms with Gasteiger partial charge in [-0.25, -0.2) is 13.1 Å². The number of aliphatic hydroxyl groups is 1. The van der Waals surface area contributed by atoms with Gasteiger partial charge in [-0.15, -0.1) is 0 Å². The predicted molar refractivity (Wildman–Crippen MR) is 173 cm³/mol. The number of fused-ring (bicyclic) bond motifs is 4. The molecule has 2 fully saturated rings. The quantitative estimate of drug-likeness (QED) is 0.391. The lowest BCUT2D eigenvalue weighted by atomic mass is 9.68. The number of ether oxygens (including phenoxy) is 1. The van der Waals surface area contributed by atoms with Crippen molar-refractivity contribution < 1.29 is 23.1 Å². The maximum absolute atomic E-state index is 13.7. The van der Waals surface area contributed by atoms with Gasteiger partial charge in [-0.2, -0.15) is 0 Å². The van der Waals surface area contributed by atoms with Crippen LogP contribution in [-0.2, 0) is 21.9 Å². The van der Waals surface area contributed by atoms with Gasteiger partial charge in [-0.3, -0.25) is 4.79 Å². The van der Waals surface area contributed by atoms with E-state index in [1.54, 1.807) is 12.1 Å². The molecule has 7 rings (SSSR count). The number of allylic oxidation sites excluding steroid dienone is 1. The molecule has 2 aliphatic heterocycles. The normalized spacial score (nSPS) is 34.0. The third-order valence-corrected chi connectivity index (χ3v) is 13.2. The molecule has 0 unspecified atom stereocenters. The number of benzene rings is 2. The second-order valence-corrected chi connectivity index (χ2v) is 16.4. The summed E-state index contributed by atoms with van der Waals surface area (Å²) in [5, 5.41) is 11.3. The summed E-state index contributed by atoms with van der Waals surface area (Å²) in [4.78, 5) is 15.9. The molecule has 236 valence electrons. The van der Waals surface area contributed by atoms with Crippen LogP contribution in [0.1, 0.15) is 79.8 Å². The molecule has 0 saturated heterocycles. The van der Waals surface area contributed by atoms with E-state index < -0.39 is 27.3 Å². The maximum atomic E-state index is 13.7. The highest BCUT2D eigenvalue weighted by Gasteiger charge is 2.44. The number of carbonyl (C=O) groups is 1. The number of hydrogen-bond donors (Lipinski definition) is 2. The summed E-state index contributed by atoms with van der Waals surface area (Å²) in [6.45, 7) is 3.87. The molecule has 5 aliphatic rings. The Morgan fingerprint density at radius 2 is 1.98 bits per heavy atom. The van der Waals surface area contributed by atoms with E-state index in [1.807, 2.05) is 31.2 Å². The van der Waals surface area contributed by atoms with Gasteiger partial charge in [-0.05, 0) is 110 Å². The Kier molecular flexibility index (Phi) is 7.99. The number of amides is 1. The van der Waals surface area contributed by atoms with Gasteiger partial charge < -0.3 is 14.7 Å². The molecular weight excluding hydrogens is 596 g/mol. The van der Waals surface area contributed by atoms with Crippen molar-refractivity contribution in [1.29, 1.82) is 0 Å². The van der Waals surface area contributed by atoms with Crippen molar-refractivity contribution in [2.24, 2.45) is 23.7 Å². The average Bonchev–Trinajstić information content (AvgIpc) is 3.81. The maximum Gasteiger partial charge on any atom is 0.264 e. The van der Waals surface area contributed by atoms with Gasteiger partial charge in [0.1, 0.15) is 5.75 Å². The number of halogens is 1. The molecule has 6 atom stereocenters. The van der Waals surface area contributed by atoms with Gasteiger partial charge in [0.15, 0.2) is 0 Å². The van der Waals surface area contributed by atoms with Crippen LogP contribution < -0.4 is 14.4 Å². The van der Waals surface area contributed by atoms with Crippen molar-refractivity contribution in [3.05, 3.63) is 70.3 Å². The minimum absolute atomic E-state index is 0.132. The van der Waals surface area contributed by atoms with Crippen LogP contribution in [0, 0.1) is 23.7 Å². The van der Waals surface area contributed by atoms with Crippen LogP contribution >= 0.6 is 11.6 Å². The molecule has 1 amide bonds. The monoisotopic (exact) mass is 638 g/mol. The number of rotatable bonds is 2. The Bertz CT molecular complexity index is 1570. The van der Waals surface area contributed by atoms with Crippen LogP contribution in [0.5, 0.6) is 5.75 Å². The number of aryl methyl sites for hydroxylation is 1.